The van der Waals surface area contributed by atoms with Gasteiger partial charge in [-0.05, 0) is 22.6 Å². The van der Waals surface area contributed by atoms with Gasteiger partial charge >= 0.3 is 0 Å². The predicted octanol–water partition coefficient (Wildman–Crippen LogP) is 0.120. The third kappa shape index (κ3) is 4.52. The number of nitrogens with zero attached hydrogens (tertiary/aromatic N) is 4. The highest BCUT2D eigenvalue weighted by molar-refractivity contribution is 7.99. The Bertz CT molecular complexity index is 650. The molecule has 2 N–H and O–H groups in total. The van der Waals surface area contributed by atoms with Gasteiger partial charge in [-0.2, -0.15) is 0 Å². The number of rotatable bonds is 6. The molecular formula is C15H21N6OS+. The van der Waals surface area contributed by atoms with E-state index in [0.717, 1.165) is 12.2 Å². The van der Waals surface area contributed by atoms with Gasteiger partial charge in [0.15, 0.2) is 0 Å². The number of amides is 1. The molecule has 1 saturated heterocycles. The van der Waals surface area contributed by atoms with Gasteiger partial charge in [0.05, 0.1) is 18.8 Å². The monoisotopic (exact) mass is 333 g/mol. The van der Waals surface area contributed by atoms with E-state index in [-0.39, 0.29) is 11.7 Å². The van der Waals surface area contributed by atoms with Crippen LogP contribution in [0.25, 0.3) is 0 Å². The minimum Gasteiger partial charge on any atom is -0.331 e. The highest BCUT2D eigenvalue weighted by atomic mass is 32.2. The maximum Gasteiger partial charge on any atom is 0.234 e. The quantitative estimate of drug-likeness (QED) is 0.734. The lowest BCUT2D eigenvalue weighted by atomic mass is 10.2. The molecule has 1 aromatic heterocycles. The molecule has 1 aliphatic rings. The number of quaternary nitrogens is 1. The van der Waals surface area contributed by atoms with Gasteiger partial charge in [0.2, 0.25) is 11.1 Å². The van der Waals surface area contributed by atoms with E-state index in [9.17, 15) is 4.79 Å². The first-order valence-electron chi connectivity index (χ1n) is 7.78. The van der Waals surface area contributed by atoms with Gasteiger partial charge in [-0.1, -0.05) is 23.9 Å². The van der Waals surface area contributed by atoms with Gasteiger partial charge in [0.25, 0.3) is 0 Å². The van der Waals surface area contributed by atoms with Crippen molar-refractivity contribution in [2.24, 2.45) is 7.05 Å². The molecule has 23 heavy (non-hydrogen) atoms. The Morgan fingerprint density at radius 3 is 2.70 bits per heavy atom. The molecule has 2 heterocycles. The van der Waals surface area contributed by atoms with Crippen LogP contribution in [0.2, 0.25) is 0 Å². The summed E-state index contributed by atoms with van der Waals surface area (Å²) in [4.78, 5) is 13.6. The Morgan fingerprint density at radius 2 is 2.04 bits per heavy atom. The fourth-order valence-electron chi connectivity index (χ4n) is 2.72. The summed E-state index contributed by atoms with van der Waals surface area (Å²) in [6.45, 7) is 3.61. The summed E-state index contributed by atoms with van der Waals surface area (Å²) in [6, 6.07) is 8.13. The Morgan fingerprint density at radius 1 is 1.30 bits per heavy atom. The summed E-state index contributed by atoms with van der Waals surface area (Å²) < 4.78 is 1.55. The number of benzene rings is 1. The first kappa shape index (κ1) is 15.9. The second kappa shape index (κ2) is 7.56. The van der Waals surface area contributed by atoms with E-state index >= 15 is 0 Å². The summed E-state index contributed by atoms with van der Waals surface area (Å²) in [6.07, 6.45) is 2.67. The zero-order valence-corrected chi connectivity index (χ0v) is 14.0. The third-order valence-corrected chi connectivity index (χ3v) is 4.93. The first-order chi connectivity index (χ1) is 11.2. The van der Waals surface area contributed by atoms with E-state index in [0.29, 0.717) is 5.16 Å². The van der Waals surface area contributed by atoms with Crippen LogP contribution >= 0.6 is 11.8 Å². The molecular weight excluding hydrogens is 312 g/mol. The number of likely N-dealkylation sites (tertiary alicyclic amines) is 1. The minimum absolute atomic E-state index is 0.0593. The van der Waals surface area contributed by atoms with Crippen molar-refractivity contribution in [3.8, 4) is 0 Å². The van der Waals surface area contributed by atoms with E-state index in [1.54, 1.807) is 16.6 Å². The van der Waals surface area contributed by atoms with Crippen LogP contribution in [0, 0.1) is 0 Å². The fraction of sp³-hybridized carbons (Fsp3) is 0.467. The van der Waals surface area contributed by atoms with Gasteiger partial charge in [-0.3, -0.25) is 4.79 Å². The minimum atomic E-state index is -0.0593. The number of hydrogen-bond donors (Lipinski definition) is 2. The average Bonchev–Trinajstić information content (AvgIpc) is 3.19. The molecule has 0 bridgehead atoms. The SMILES string of the molecule is Cn1nnnc1SCC(=O)Nc1ccc(C[NH+]2CCCC2)cc1. The number of carbonyl (C=O) groups excluding carboxylic acids is 1. The van der Waals surface area contributed by atoms with Crippen LogP contribution in [0.1, 0.15) is 18.4 Å². The van der Waals surface area contributed by atoms with Crippen LogP contribution in [0.15, 0.2) is 29.4 Å². The molecule has 122 valence electrons. The highest BCUT2D eigenvalue weighted by Crippen LogP contribution is 2.14. The maximum absolute atomic E-state index is 12.0. The maximum atomic E-state index is 12.0. The van der Waals surface area contributed by atoms with Gasteiger partial charge in [0.1, 0.15) is 6.54 Å². The van der Waals surface area contributed by atoms with Gasteiger partial charge < -0.3 is 10.2 Å². The third-order valence-electron chi connectivity index (χ3n) is 3.92. The number of hydrogen-bond acceptors (Lipinski definition) is 5. The lowest BCUT2D eigenvalue weighted by molar-refractivity contribution is -0.901. The summed E-state index contributed by atoms with van der Waals surface area (Å²) in [7, 11) is 1.75. The summed E-state index contributed by atoms with van der Waals surface area (Å²) in [5.74, 6) is 0.226. The lowest BCUT2D eigenvalue weighted by Crippen LogP contribution is -3.08. The number of thioether (sulfide) groups is 1. The summed E-state index contributed by atoms with van der Waals surface area (Å²) in [5, 5.41) is 14.6. The topological polar surface area (TPSA) is 77.1 Å². The number of nitrogens with one attached hydrogen (secondary N) is 2. The Kier molecular flexibility index (Phi) is 5.24. The van der Waals surface area contributed by atoms with E-state index < -0.39 is 0 Å². The molecule has 1 aromatic carbocycles. The van der Waals surface area contributed by atoms with Gasteiger partial charge in [0, 0.05) is 31.1 Å². The number of tetrazole rings is 1. The lowest BCUT2D eigenvalue weighted by Gasteiger charge is -2.12. The first-order valence-corrected chi connectivity index (χ1v) is 8.77. The van der Waals surface area contributed by atoms with Crippen molar-refractivity contribution in [2.45, 2.75) is 24.5 Å². The van der Waals surface area contributed by atoms with Crippen molar-refractivity contribution in [3.63, 3.8) is 0 Å². The summed E-state index contributed by atoms with van der Waals surface area (Å²) >= 11 is 1.32. The molecule has 7 nitrogen and oxygen atoms in total. The van der Waals surface area contributed by atoms with Crippen LogP contribution in [0.5, 0.6) is 0 Å². The molecule has 3 rings (SSSR count). The van der Waals surface area contributed by atoms with Crippen LogP contribution in [0.4, 0.5) is 5.69 Å². The van der Waals surface area contributed by atoms with E-state index in [4.69, 9.17) is 0 Å². The normalized spacial score (nSPS) is 15.0. The molecule has 1 fully saturated rings. The van der Waals surface area contributed by atoms with Gasteiger partial charge in [-0.15, -0.1) is 5.10 Å². The van der Waals surface area contributed by atoms with Crippen LogP contribution in [0.3, 0.4) is 0 Å². The molecule has 0 atom stereocenters. The highest BCUT2D eigenvalue weighted by Gasteiger charge is 2.15. The fourth-order valence-corrected chi connectivity index (χ4v) is 3.37. The van der Waals surface area contributed by atoms with Crippen LogP contribution in [-0.2, 0) is 18.4 Å². The Labute approximate surface area is 139 Å². The predicted molar refractivity (Wildman–Crippen MR) is 88.2 cm³/mol. The van der Waals surface area contributed by atoms with Crippen molar-refractivity contribution in [2.75, 3.05) is 24.2 Å². The second-order valence-electron chi connectivity index (χ2n) is 5.75. The van der Waals surface area contributed by atoms with Crippen molar-refractivity contribution in [1.82, 2.24) is 20.2 Å². The molecule has 0 radical (unpaired) electrons. The van der Waals surface area contributed by atoms with E-state index in [2.05, 4.69) is 33.0 Å². The molecule has 8 heteroatoms. The van der Waals surface area contributed by atoms with E-state index in [1.807, 2.05) is 12.1 Å². The van der Waals surface area contributed by atoms with Crippen LogP contribution in [-0.4, -0.2) is 45.0 Å². The van der Waals surface area contributed by atoms with Crippen molar-refractivity contribution in [1.29, 1.82) is 0 Å². The average molecular weight is 333 g/mol. The smallest absolute Gasteiger partial charge is 0.234 e. The van der Waals surface area contributed by atoms with Crippen molar-refractivity contribution < 1.29 is 9.69 Å². The standard InChI is InChI=1S/C15H20N6OS/c1-20-15(17-18-19-20)23-11-14(22)16-13-6-4-12(5-7-13)10-21-8-2-3-9-21/h4-7H,2-3,8-11H2,1H3,(H,16,22)/p+1. The van der Waals surface area contributed by atoms with Gasteiger partial charge in [-0.25, -0.2) is 4.68 Å². The molecule has 0 saturated carbocycles. The second-order valence-corrected chi connectivity index (χ2v) is 6.70. The Hall–Kier alpha value is -1.93. The molecule has 0 unspecified atom stereocenters. The Balaban J connectivity index is 1.47. The molecule has 0 aliphatic carbocycles. The zero-order valence-electron chi connectivity index (χ0n) is 13.2. The summed E-state index contributed by atoms with van der Waals surface area (Å²) in [5.41, 5.74) is 2.14. The number of carbonyl (C=O) groups is 1. The number of aryl methyl sites for hydroxylation is 1. The zero-order chi connectivity index (χ0) is 16.1. The molecule has 1 aliphatic heterocycles. The van der Waals surface area contributed by atoms with E-state index in [1.165, 1.54) is 43.3 Å². The van der Waals surface area contributed by atoms with Crippen molar-refractivity contribution >= 4 is 23.4 Å². The molecule has 1 amide bonds. The molecule has 0 spiro atoms. The molecule has 2 aromatic rings. The largest absolute Gasteiger partial charge is 0.331 e. The van der Waals surface area contributed by atoms with Crippen LogP contribution < -0.4 is 10.2 Å². The van der Waals surface area contributed by atoms with Crippen molar-refractivity contribution in [3.05, 3.63) is 29.8 Å². The number of aromatic nitrogens is 4. The number of anilines is 1.